The fraction of sp³-hybridized carbons (Fsp3) is 0.933. The van der Waals surface area contributed by atoms with E-state index in [1.807, 2.05) is 9.80 Å². The first kappa shape index (κ1) is 29.8. The molecular weight excluding hydrogens is 480 g/mol. The summed E-state index contributed by atoms with van der Waals surface area (Å²) in [5.41, 5.74) is 0. The molecule has 8 nitrogen and oxygen atoms in total. The first-order chi connectivity index (χ1) is 18.0. The normalized spacial score (nSPS) is 35.6. The molecule has 1 spiro atoms. The molecule has 8 heteroatoms. The Hall–Kier alpha value is -1.22. The minimum atomic E-state index is -0.584. The molecule has 5 atom stereocenters. The molecule has 3 aliphatic heterocycles. The van der Waals surface area contributed by atoms with Gasteiger partial charge in [-0.05, 0) is 64.5 Å². The SMILES string of the molecule is CC(C)C[C@@H]1NCCN([C@@H](CC(C)C)C(=O)N2CCC3(C[C@@H]2C)OCC(C2CCCC2N(C)C)CO3)C1=O. The van der Waals surface area contributed by atoms with E-state index in [1.54, 1.807) is 0 Å². The molecule has 2 amide bonds. The van der Waals surface area contributed by atoms with Crippen LogP contribution in [-0.2, 0) is 19.1 Å². The number of amides is 2. The predicted molar refractivity (Wildman–Crippen MR) is 150 cm³/mol. The van der Waals surface area contributed by atoms with Crippen LogP contribution in [0.25, 0.3) is 0 Å². The number of hydrogen-bond acceptors (Lipinski definition) is 6. The third-order valence-electron chi connectivity index (χ3n) is 9.46. The first-order valence-corrected chi connectivity index (χ1v) is 15.3. The second kappa shape index (κ2) is 12.5. The molecule has 1 saturated carbocycles. The largest absolute Gasteiger partial charge is 0.349 e. The van der Waals surface area contributed by atoms with Gasteiger partial charge in [0.1, 0.15) is 6.04 Å². The highest BCUT2D eigenvalue weighted by atomic mass is 16.7. The molecule has 3 heterocycles. The lowest BCUT2D eigenvalue weighted by Gasteiger charge is -2.50. The number of nitrogens with one attached hydrogen (secondary N) is 1. The van der Waals surface area contributed by atoms with Gasteiger partial charge in [0, 0.05) is 50.5 Å². The van der Waals surface area contributed by atoms with Crippen molar-refractivity contribution in [1.29, 1.82) is 0 Å². The van der Waals surface area contributed by atoms with Crippen molar-refractivity contribution in [3.05, 3.63) is 0 Å². The Morgan fingerprint density at radius 1 is 1.11 bits per heavy atom. The summed E-state index contributed by atoms with van der Waals surface area (Å²) in [6, 6.07) is 0.0224. The summed E-state index contributed by atoms with van der Waals surface area (Å²) in [5, 5.41) is 3.39. The zero-order valence-electron chi connectivity index (χ0n) is 25.1. The highest BCUT2D eigenvalue weighted by molar-refractivity contribution is 5.90. The average molecular weight is 535 g/mol. The van der Waals surface area contributed by atoms with E-state index < -0.39 is 11.8 Å². The molecule has 38 heavy (non-hydrogen) atoms. The van der Waals surface area contributed by atoms with E-state index in [4.69, 9.17) is 9.47 Å². The van der Waals surface area contributed by atoms with E-state index >= 15 is 0 Å². The topological polar surface area (TPSA) is 74.3 Å². The summed E-state index contributed by atoms with van der Waals surface area (Å²) in [4.78, 5) is 33.7. The van der Waals surface area contributed by atoms with Crippen molar-refractivity contribution in [2.45, 2.75) is 110 Å². The monoisotopic (exact) mass is 534 g/mol. The maximum Gasteiger partial charge on any atom is 0.245 e. The minimum Gasteiger partial charge on any atom is -0.349 e. The van der Waals surface area contributed by atoms with Crippen LogP contribution >= 0.6 is 0 Å². The molecule has 0 aromatic rings. The van der Waals surface area contributed by atoms with Crippen molar-refractivity contribution in [2.75, 3.05) is 46.9 Å². The van der Waals surface area contributed by atoms with E-state index in [0.717, 1.165) is 26.2 Å². The molecule has 1 N–H and O–H groups in total. The lowest BCUT2D eigenvalue weighted by molar-refractivity contribution is -0.307. The quantitative estimate of drug-likeness (QED) is 0.515. The fourth-order valence-corrected chi connectivity index (χ4v) is 7.50. The van der Waals surface area contributed by atoms with Gasteiger partial charge in [-0.1, -0.05) is 34.1 Å². The maximum atomic E-state index is 14.0. The summed E-state index contributed by atoms with van der Waals surface area (Å²) in [6.45, 7) is 14.1. The van der Waals surface area contributed by atoms with Crippen LogP contribution in [0, 0.1) is 23.7 Å². The Morgan fingerprint density at radius 3 is 2.42 bits per heavy atom. The van der Waals surface area contributed by atoms with Gasteiger partial charge in [-0.15, -0.1) is 0 Å². The van der Waals surface area contributed by atoms with Crippen LogP contribution in [-0.4, -0.2) is 103 Å². The standard InChI is InChI=1S/C30H54N4O4/c1-20(2)15-25-28(35)34(14-12-31-25)27(16-21(3)4)29(36)33-13-11-30(17-22(33)5)37-18-23(19-38-30)24-9-8-10-26(24)32(6)7/h20-27,31H,8-19H2,1-7H3/t22-,23?,24?,25-,26?,27-,30?/m0/s1. The molecule has 3 saturated heterocycles. The van der Waals surface area contributed by atoms with E-state index in [2.05, 4.69) is 58.9 Å². The van der Waals surface area contributed by atoms with Crippen molar-refractivity contribution < 1.29 is 19.1 Å². The van der Waals surface area contributed by atoms with Crippen LogP contribution in [0.15, 0.2) is 0 Å². The number of ether oxygens (including phenoxy) is 2. The third-order valence-corrected chi connectivity index (χ3v) is 9.46. The Kier molecular flexibility index (Phi) is 9.81. The fourth-order valence-electron chi connectivity index (χ4n) is 7.50. The highest BCUT2D eigenvalue weighted by Gasteiger charge is 2.48. The molecule has 4 fully saturated rings. The van der Waals surface area contributed by atoms with Crippen LogP contribution in [0.1, 0.15) is 79.6 Å². The number of carbonyl (C=O) groups excluding carboxylic acids is 2. The van der Waals surface area contributed by atoms with Crippen LogP contribution in [0.4, 0.5) is 0 Å². The molecule has 0 aromatic carbocycles. The lowest BCUT2D eigenvalue weighted by atomic mass is 9.86. The van der Waals surface area contributed by atoms with Crippen LogP contribution in [0.3, 0.4) is 0 Å². The number of rotatable bonds is 8. The number of piperidine rings is 1. The number of hydrogen-bond donors (Lipinski definition) is 1. The summed E-state index contributed by atoms with van der Waals surface area (Å²) in [5.74, 6) is 1.41. The van der Waals surface area contributed by atoms with Crippen LogP contribution in [0.2, 0.25) is 0 Å². The Balaban J connectivity index is 1.39. The van der Waals surface area contributed by atoms with Gasteiger partial charge in [0.2, 0.25) is 11.8 Å². The van der Waals surface area contributed by atoms with Gasteiger partial charge in [0.25, 0.3) is 0 Å². The van der Waals surface area contributed by atoms with Gasteiger partial charge >= 0.3 is 0 Å². The van der Waals surface area contributed by atoms with Gasteiger partial charge in [0.15, 0.2) is 5.79 Å². The predicted octanol–water partition coefficient (Wildman–Crippen LogP) is 3.35. The lowest BCUT2D eigenvalue weighted by Crippen LogP contribution is -2.64. The van der Waals surface area contributed by atoms with E-state index in [1.165, 1.54) is 19.3 Å². The van der Waals surface area contributed by atoms with Gasteiger partial charge < -0.3 is 29.5 Å². The summed E-state index contributed by atoms with van der Waals surface area (Å²) < 4.78 is 13.0. The van der Waals surface area contributed by atoms with E-state index in [-0.39, 0.29) is 23.9 Å². The van der Waals surface area contributed by atoms with Crippen molar-refractivity contribution in [3.8, 4) is 0 Å². The smallest absolute Gasteiger partial charge is 0.245 e. The summed E-state index contributed by atoms with van der Waals surface area (Å²) >= 11 is 0. The Labute approximate surface area is 231 Å². The van der Waals surface area contributed by atoms with Crippen LogP contribution < -0.4 is 5.32 Å². The van der Waals surface area contributed by atoms with E-state index in [0.29, 0.717) is 62.1 Å². The molecule has 0 radical (unpaired) electrons. The molecule has 1 aliphatic carbocycles. The molecule has 4 aliphatic rings. The van der Waals surface area contributed by atoms with Crippen LogP contribution in [0.5, 0.6) is 0 Å². The van der Waals surface area contributed by atoms with Gasteiger partial charge in [-0.3, -0.25) is 9.59 Å². The van der Waals surface area contributed by atoms with Crippen molar-refractivity contribution in [1.82, 2.24) is 20.0 Å². The van der Waals surface area contributed by atoms with Gasteiger partial charge in [-0.25, -0.2) is 0 Å². The molecule has 0 bridgehead atoms. The second-order valence-electron chi connectivity index (χ2n) is 13.6. The molecule has 0 aromatic heterocycles. The second-order valence-corrected chi connectivity index (χ2v) is 13.6. The van der Waals surface area contributed by atoms with Crippen molar-refractivity contribution in [3.63, 3.8) is 0 Å². The number of nitrogens with zero attached hydrogens (tertiary/aromatic N) is 3. The van der Waals surface area contributed by atoms with Crippen molar-refractivity contribution >= 4 is 11.8 Å². The Morgan fingerprint density at radius 2 is 1.82 bits per heavy atom. The zero-order chi connectivity index (χ0) is 27.6. The zero-order valence-corrected chi connectivity index (χ0v) is 25.1. The third kappa shape index (κ3) is 6.56. The summed E-state index contributed by atoms with van der Waals surface area (Å²) in [7, 11) is 4.38. The number of likely N-dealkylation sites (tertiary alicyclic amines) is 1. The molecule has 4 rings (SSSR count). The van der Waals surface area contributed by atoms with E-state index in [9.17, 15) is 9.59 Å². The average Bonchev–Trinajstić information content (AvgIpc) is 3.34. The van der Waals surface area contributed by atoms with Gasteiger partial charge in [-0.2, -0.15) is 0 Å². The number of carbonyl (C=O) groups is 2. The van der Waals surface area contributed by atoms with Crippen molar-refractivity contribution in [2.24, 2.45) is 23.7 Å². The molecular formula is C30H54N4O4. The molecule has 218 valence electrons. The highest BCUT2D eigenvalue weighted by Crippen LogP contribution is 2.41. The minimum absolute atomic E-state index is 0.00736. The Bertz CT molecular complexity index is 810. The first-order valence-electron chi connectivity index (χ1n) is 15.3. The number of piperazine rings is 1. The van der Waals surface area contributed by atoms with Gasteiger partial charge in [0.05, 0.1) is 19.3 Å². The molecule has 2 unspecified atom stereocenters. The summed E-state index contributed by atoms with van der Waals surface area (Å²) in [6.07, 6.45) is 6.67. The maximum absolute atomic E-state index is 14.0.